The third-order valence-electron chi connectivity index (χ3n) is 6.44. The molecule has 2 aliphatic rings. The summed E-state index contributed by atoms with van der Waals surface area (Å²) in [5, 5.41) is 1.08. The van der Waals surface area contributed by atoms with Gasteiger partial charge in [0, 0.05) is 24.0 Å². The number of thiocarbonyl (C=S) groups is 1. The molecule has 0 bridgehead atoms. The lowest BCUT2D eigenvalue weighted by Gasteiger charge is -2.32. The number of hydrogen-bond acceptors (Lipinski definition) is 5. The molecule has 3 heterocycles. The normalized spacial score (nSPS) is 18.7. The molecular formula is C27H27N3OS2. The van der Waals surface area contributed by atoms with Gasteiger partial charge in [-0.2, -0.15) is 0 Å². The Balaban J connectivity index is 1.48. The van der Waals surface area contributed by atoms with Crippen molar-refractivity contribution < 1.29 is 4.79 Å². The van der Waals surface area contributed by atoms with Gasteiger partial charge in [0.2, 0.25) is 0 Å². The summed E-state index contributed by atoms with van der Waals surface area (Å²) in [6, 6.07) is 18.6. The SMILES string of the molecule is Cc1ccc(CN2C(=O)/C(=C/c3cc4ccccc4nc3N3CCC(C)CC3)SC2=S)cc1. The first-order valence-corrected chi connectivity index (χ1v) is 12.7. The predicted molar refractivity (Wildman–Crippen MR) is 142 cm³/mol. The highest BCUT2D eigenvalue weighted by atomic mass is 32.2. The van der Waals surface area contributed by atoms with Gasteiger partial charge in [0.1, 0.15) is 10.1 Å². The lowest BCUT2D eigenvalue weighted by atomic mass is 9.98. The zero-order valence-electron chi connectivity index (χ0n) is 19.0. The van der Waals surface area contributed by atoms with E-state index < -0.39 is 0 Å². The van der Waals surface area contributed by atoms with Crippen molar-refractivity contribution in [3.8, 4) is 0 Å². The van der Waals surface area contributed by atoms with Gasteiger partial charge in [0.25, 0.3) is 5.91 Å². The smallest absolute Gasteiger partial charge is 0.266 e. The first-order chi connectivity index (χ1) is 16.0. The average Bonchev–Trinajstić information content (AvgIpc) is 3.08. The molecule has 1 aromatic heterocycles. The second-order valence-corrected chi connectivity index (χ2v) is 10.7. The van der Waals surface area contributed by atoms with Gasteiger partial charge in [-0.1, -0.05) is 78.9 Å². The van der Waals surface area contributed by atoms with Crippen LogP contribution in [0.1, 0.15) is 36.5 Å². The third kappa shape index (κ3) is 4.68. The van der Waals surface area contributed by atoms with Crippen molar-refractivity contribution in [2.75, 3.05) is 18.0 Å². The van der Waals surface area contributed by atoms with Crippen LogP contribution in [-0.4, -0.2) is 33.2 Å². The third-order valence-corrected chi connectivity index (χ3v) is 7.81. The van der Waals surface area contributed by atoms with Crippen molar-refractivity contribution in [1.29, 1.82) is 0 Å². The second kappa shape index (κ2) is 9.27. The van der Waals surface area contributed by atoms with E-state index in [2.05, 4.69) is 61.2 Å². The molecule has 6 heteroatoms. The zero-order valence-corrected chi connectivity index (χ0v) is 20.6. The monoisotopic (exact) mass is 473 g/mol. The molecule has 5 rings (SSSR count). The molecule has 0 radical (unpaired) electrons. The number of benzene rings is 2. The zero-order chi connectivity index (χ0) is 22.9. The van der Waals surface area contributed by atoms with Crippen molar-refractivity contribution in [2.45, 2.75) is 33.2 Å². The number of hydrogen-bond donors (Lipinski definition) is 0. The highest BCUT2D eigenvalue weighted by Gasteiger charge is 2.32. The Labute approximate surface area is 204 Å². The molecule has 168 valence electrons. The topological polar surface area (TPSA) is 36.4 Å². The number of aromatic nitrogens is 1. The number of nitrogens with zero attached hydrogens (tertiary/aromatic N) is 3. The number of amides is 1. The molecule has 1 amide bonds. The Hall–Kier alpha value is -2.70. The van der Waals surface area contributed by atoms with Gasteiger partial charge >= 0.3 is 0 Å². The van der Waals surface area contributed by atoms with E-state index in [4.69, 9.17) is 17.2 Å². The standard InChI is InChI=1S/C27H27N3OS2/c1-18-7-9-20(10-8-18)17-30-26(31)24(33-27(30)32)16-22-15-21-5-3-4-6-23(21)28-25(22)29-13-11-19(2)12-14-29/h3-10,15-16,19H,11-14,17H2,1-2H3/b24-16-. The largest absolute Gasteiger partial charge is 0.356 e. The van der Waals surface area contributed by atoms with Crippen LogP contribution in [0.15, 0.2) is 59.5 Å². The second-order valence-electron chi connectivity index (χ2n) is 9.02. The number of carbonyl (C=O) groups is 1. The van der Waals surface area contributed by atoms with Crippen LogP contribution in [0, 0.1) is 12.8 Å². The van der Waals surface area contributed by atoms with Gasteiger partial charge in [-0.3, -0.25) is 9.69 Å². The summed E-state index contributed by atoms with van der Waals surface area (Å²) in [6.45, 7) is 6.84. The molecule has 0 saturated carbocycles. The fourth-order valence-electron chi connectivity index (χ4n) is 4.36. The summed E-state index contributed by atoms with van der Waals surface area (Å²) in [5.74, 6) is 1.67. The molecule has 2 saturated heterocycles. The van der Waals surface area contributed by atoms with Crippen LogP contribution in [0.3, 0.4) is 0 Å². The van der Waals surface area contributed by atoms with Crippen LogP contribution in [-0.2, 0) is 11.3 Å². The molecule has 0 atom stereocenters. The molecule has 0 aliphatic carbocycles. The molecule has 2 aromatic carbocycles. The first-order valence-electron chi connectivity index (χ1n) is 11.4. The molecule has 0 spiro atoms. The average molecular weight is 474 g/mol. The van der Waals surface area contributed by atoms with Crippen LogP contribution in [0.4, 0.5) is 5.82 Å². The molecule has 2 fully saturated rings. The van der Waals surface area contributed by atoms with Crippen LogP contribution in [0.2, 0.25) is 0 Å². The van der Waals surface area contributed by atoms with Crippen LogP contribution in [0.5, 0.6) is 0 Å². The van der Waals surface area contributed by atoms with Gasteiger partial charge < -0.3 is 4.90 Å². The molecule has 3 aromatic rings. The van der Waals surface area contributed by atoms with Gasteiger partial charge in [0.05, 0.1) is 17.0 Å². The van der Waals surface area contributed by atoms with E-state index in [0.717, 1.165) is 59.7 Å². The summed E-state index contributed by atoms with van der Waals surface area (Å²) in [5.41, 5.74) is 4.25. The Morgan fingerprint density at radius 3 is 2.61 bits per heavy atom. The predicted octanol–water partition coefficient (Wildman–Crippen LogP) is 6.18. The minimum atomic E-state index is -0.0306. The summed E-state index contributed by atoms with van der Waals surface area (Å²) < 4.78 is 0.605. The maximum Gasteiger partial charge on any atom is 0.266 e. The Morgan fingerprint density at radius 1 is 1.12 bits per heavy atom. The minimum Gasteiger partial charge on any atom is -0.356 e. The van der Waals surface area contributed by atoms with E-state index >= 15 is 0 Å². The van der Waals surface area contributed by atoms with Crippen molar-refractivity contribution in [3.05, 3.63) is 76.2 Å². The quantitative estimate of drug-likeness (QED) is 0.334. The van der Waals surface area contributed by atoms with Crippen molar-refractivity contribution in [1.82, 2.24) is 9.88 Å². The van der Waals surface area contributed by atoms with Gasteiger partial charge in [-0.05, 0) is 49.5 Å². The minimum absolute atomic E-state index is 0.0306. The lowest BCUT2D eigenvalue weighted by molar-refractivity contribution is -0.122. The van der Waals surface area contributed by atoms with Crippen LogP contribution in [0.25, 0.3) is 17.0 Å². The molecular weight excluding hydrogens is 446 g/mol. The van der Waals surface area contributed by atoms with E-state index in [0.29, 0.717) is 15.8 Å². The van der Waals surface area contributed by atoms with Crippen LogP contribution < -0.4 is 4.90 Å². The van der Waals surface area contributed by atoms with Crippen molar-refractivity contribution in [2.24, 2.45) is 5.92 Å². The lowest BCUT2D eigenvalue weighted by Crippen LogP contribution is -2.34. The van der Waals surface area contributed by atoms with Crippen LogP contribution >= 0.6 is 24.0 Å². The Bertz CT molecular complexity index is 1240. The van der Waals surface area contributed by atoms with Gasteiger partial charge in [0.15, 0.2) is 0 Å². The number of thioether (sulfide) groups is 1. The molecule has 0 unspecified atom stereocenters. The van der Waals surface area contributed by atoms with Gasteiger partial charge in [-0.15, -0.1) is 0 Å². The highest BCUT2D eigenvalue weighted by molar-refractivity contribution is 8.26. The van der Waals surface area contributed by atoms with E-state index in [1.54, 1.807) is 4.90 Å². The Morgan fingerprint density at radius 2 is 1.85 bits per heavy atom. The molecule has 33 heavy (non-hydrogen) atoms. The van der Waals surface area contributed by atoms with Gasteiger partial charge in [-0.25, -0.2) is 4.98 Å². The summed E-state index contributed by atoms with van der Waals surface area (Å²) >= 11 is 6.97. The number of aryl methyl sites for hydroxylation is 1. The number of para-hydroxylation sites is 1. The van der Waals surface area contributed by atoms with E-state index in [1.807, 2.05) is 18.2 Å². The number of rotatable bonds is 4. The molecule has 4 nitrogen and oxygen atoms in total. The van der Waals surface area contributed by atoms with E-state index in [9.17, 15) is 4.79 Å². The molecule has 2 aliphatic heterocycles. The summed E-state index contributed by atoms with van der Waals surface area (Å²) in [4.78, 5) is 23.1. The Kier molecular flexibility index (Phi) is 6.21. The summed E-state index contributed by atoms with van der Waals surface area (Å²) in [6.07, 6.45) is 4.31. The number of fused-ring (bicyclic) bond motifs is 1. The first kappa shape index (κ1) is 22.1. The number of piperidine rings is 1. The maximum absolute atomic E-state index is 13.3. The highest BCUT2D eigenvalue weighted by Crippen LogP contribution is 2.36. The fourth-order valence-corrected chi connectivity index (χ4v) is 5.60. The number of carbonyl (C=O) groups excluding carboxylic acids is 1. The maximum atomic E-state index is 13.3. The van der Waals surface area contributed by atoms with Crippen molar-refractivity contribution >= 4 is 57.0 Å². The van der Waals surface area contributed by atoms with E-state index in [1.165, 1.54) is 17.3 Å². The summed E-state index contributed by atoms with van der Waals surface area (Å²) in [7, 11) is 0. The number of pyridine rings is 1. The molecule has 0 N–H and O–H groups in total. The fraction of sp³-hybridized carbons (Fsp3) is 0.296. The van der Waals surface area contributed by atoms with Crippen molar-refractivity contribution in [3.63, 3.8) is 0 Å². The van der Waals surface area contributed by atoms with E-state index in [-0.39, 0.29) is 5.91 Å². The number of anilines is 1.